The molecule has 0 saturated heterocycles. The molecule has 0 spiro atoms. The predicted molar refractivity (Wildman–Crippen MR) is 102 cm³/mol. The zero-order valence-corrected chi connectivity index (χ0v) is 16.0. The maximum absolute atomic E-state index is 12.6. The Bertz CT molecular complexity index is 677. The summed E-state index contributed by atoms with van der Waals surface area (Å²) in [5.41, 5.74) is 1.59. The number of benzene rings is 1. The molecule has 0 unspecified atom stereocenters. The molecule has 7 nitrogen and oxygen atoms in total. The number of aliphatic carboxylic acids is 1. The van der Waals surface area contributed by atoms with Gasteiger partial charge in [0.05, 0.1) is 18.2 Å². The summed E-state index contributed by atoms with van der Waals surface area (Å²) in [5, 5.41) is 20.9. The van der Waals surface area contributed by atoms with Gasteiger partial charge in [-0.25, -0.2) is 4.79 Å². The van der Waals surface area contributed by atoms with Gasteiger partial charge in [0.1, 0.15) is 0 Å². The summed E-state index contributed by atoms with van der Waals surface area (Å²) in [6, 6.07) is 9.57. The monoisotopic (exact) mass is 372 g/mol. The highest BCUT2D eigenvalue weighted by molar-refractivity contribution is 5.74. The van der Waals surface area contributed by atoms with Crippen molar-refractivity contribution >= 4 is 12.0 Å². The van der Waals surface area contributed by atoms with Crippen molar-refractivity contribution in [3.05, 3.63) is 35.4 Å². The molecular weight excluding hydrogens is 344 g/mol. The molecule has 1 fully saturated rings. The maximum Gasteiger partial charge on any atom is 0.317 e. The van der Waals surface area contributed by atoms with Crippen LogP contribution in [0.5, 0.6) is 0 Å². The number of carbonyl (C=O) groups excluding carboxylic acids is 1. The molecule has 0 radical (unpaired) electrons. The van der Waals surface area contributed by atoms with Crippen LogP contribution in [0.4, 0.5) is 4.79 Å². The Morgan fingerprint density at radius 2 is 1.93 bits per heavy atom. The van der Waals surface area contributed by atoms with Crippen LogP contribution in [-0.2, 0) is 11.3 Å². The van der Waals surface area contributed by atoms with E-state index in [-0.39, 0.29) is 24.7 Å². The molecule has 1 aromatic carbocycles. The minimum Gasteiger partial charge on any atom is -0.480 e. The molecule has 2 rings (SSSR count). The van der Waals surface area contributed by atoms with Gasteiger partial charge in [0, 0.05) is 25.2 Å². The minimum absolute atomic E-state index is 0.0441. The molecule has 1 aromatic rings. The van der Waals surface area contributed by atoms with Crippen LogP contribution in [0, 0.1) is 11.3 Å². The first-order valence-corrected chi connectivity index (χ1v) is 9.47. The third kappa shape index (κ3) is 5.97. The van der Waals surface area contributed by atoms with Crippen LogP contribution in [0.2, 0.25) is 0 Å². The van der Waals surface area contributed by atoms with E-state index in [1.165, 1.54) is 0 Å². The molecule has 146 valence electrons. The fourth-order valence-electron chi connectivity index (χ4n) is 3.37. The zero-order chi connectivity index (χ0) is 19.8. The molecule has 1 aliphatic carbocycles. The van der Waals surface area contributed by atoms with Gasteiger partial charge >= 0.3 is 12.0 Å². The van der Waals surface area contributed by atoms with Crippen LogP contribution in [0.1, 0.15) is 44.2 Å². The van der Waals surface area contributed by atoms with Gasteiger partial charge in [-0.3, -0.25) is 9.69 Å². The summed E-state index contributed by atoms with van der Waals surface area (Å²) < 4.78 is 0. The van der Waals surface area contributed by atoms with Crippen molar-refractivity contribution in [2.24, 2.45) is 0 Å². The number of hydrogen-bond donors (Lipinski definition) is 2. The number of amides is 2. The number of likely N-dealkylation sites (N-methyl/N-ethyl adjacent to an activating group) is 1. The van der Waals surface area contributed by atoms with E-state index in [4.69, 9.17) is 10.4 Å². The van der Waals surface area contributed by atoms with E-state index >= 15 is 0 Å². The van der Waals surface area contributed by atoms with Crippen LogP contribution in [-0.4, -0.2) is 58.6 Å². The van der Waals surface area contributed by atoms with Gasteiger partial charge in [0.25, 0.3) is 0 Å². The second-order valence-corrected chi connectivity index (χ2v) is 6.96. The van der Waals surface area contributed by atoms with E-state index in [0.29, 0.717) is 25.2 Å². The standard InChI is InChI=1S/C20H28N4O3/c1-3-9-24(13-16-7-5-15(12-21)6-8-16)20(27)22-17-10-18(11-17)23(4-2)14-19(25)26/h5-8,17-18H,3-4,9-11,13-14H2,1-2H3,(H,22,27)(H,25,26). The molecule has 27 heavy (non-hydrogen) atoms. The molecule has 0 aliphatic heterocycles. The van der Waals surface area contributed by atoms with Crippen molar-refractivity contribution in [1.29, 1.82) is 5.26 Å². The quantitative estimate of drug-likeness (QED) is 0.694. The molecular formula is C20H28N4O3. The van der Waals surface area contributed by atoms with Crippen LogP contribution >= 0.6 is 0 Å². The van der Waals surface area contributed by atoms with Crippen molar-refractivity contribution < 1.29 is 14.7 Å². The number of carboxylic acid groups (broad SMARTS) is 1. The average Bonchev–Trinajstić information content (AvgIpc) is 2.62. The number of rotatable bonds is 9. The first kappa shape index (κ1) is 20.7. The Morgan fingerprint density at radius 1 is 1.26 bits per heavy atom. The van der Waals surface area contributed by atoms with E-state index in [0.717, 1.165) is 24.8 Å². The van der Waals surface area contributed by atoms with Gasteiger partial charge in [-0.15, -0.1) is 0 Å². The third-order valence-corrected chi connectivity index (χ3v) is 4.94. The van der Waals surface area contributed by atoms with Gasteiger partial charge in [-0.05, 0) is 43.5 Å². The van der Waals surface area contributed by atoms with E-state index < -0.39 is 5.97 Å². The van der Waals surface area contributed by atoms with Crippen LogP contribution in [0.15, 0.2) is 24.3 Å². The lowest BCUT2D eigenvalue weighted by molar-refractivity contribution is -0.139. The summed E-state index contributed by atoms with van der Waals surface area (Å²) in [6.45, 7) is 5.88. The molecule has 1 aliphatic rings. The Morgan fingerprint density at radius 3 is 2.44 bits per heavy atom. The largest absolute Gasteiger partial charge is 0.480 e. The highest BCUT2D eigenvalue weighted by Crippen LogP contribution is 2.25. The second-order valence-electron chi connectivity index (χ2n) is 6.96. The molecule has 1 saturated carbocycles. The number of urea groups is 1. The molecule has 0 bridgehead atoms. The fourth-order valence-corrected chi connectivity index (χ4v) is 3.37. The van der Waals surface area contributed by atoms with Gasteiger partial charge < -0.3 is 15.3 Å². The lowest BCUT2D eigenvalue weighted by Gasteiger charge is -2.42. The predicted octanol–water partition coefficient (Wildman–Crippen LogP) is 2.42. The summed E-state index contributed by atoms with van der Waals surface area (Å²) in [7, 11) is 0. The summed E-state index contributed by atoms with van der Waals surface area (Å²) >= 11 is 0. The maximum atomic E-state index is 12.6. The van der Waals surface area contributed by atoms with Crippen LogP contribution in [0.3, 0.4) is 0 Å². The number of nitrogens with zero attached hydrogens (tertiary/aromatic N) is 3. The van der Waals surface area contributed by atoms with E-state index in [1.54, 1.807) is 17.0 Å². The summed E-state index contributed by atoms with van der Waals surface area (Å²) in [5.74, 6) is -0.819. The van der Waals surface area contributed by atoms with Gasteiger partial charge in [-0.1, -0.05) is 26.0 Å². The van der Waals surface area contributed by atoms with E-state index in [2.05, 4.69) is 11.4 Å². The SMILES string of the molecule is CCCN(Cc1ccc(C#N)cc1)C(=O)NC1CC(N(CC)CC(=O)O)C1. The van der Waals surface area contributed by atoms with Crippen LogP contribution < -0.4 is 5.32 Å². The first-order valence-electron chi connectivity index (χ1n) is 9.47. The smallest absolute Gasteiger partial charge is 0.317 e. The zero-order valence-electron chi connectivity index (χ0n) is 16.0. The normalized spacial score (nSPS) is 18.4. The highest BCUT2D eigenvalue weighted by atomic mass is 16.4. The Balaban J connectivity index is 1.86. The number of nitrogens with one attached hydrogen (secondary N) is 1. The van der Waals surface area contributed by atoms with E-state index in [1.807, 2.05) is 30.9 Å². The van der Waals surface area contributed by atoms with Crippen molar-refractivity contribution in [2.45, 2.75) is 51.7 Å². The van der Waals surface area contributed by atoms with Gasteiger partial charge in [-0.2, -0.15) is 5.26 Å². The number of carbonyl (C=O) groups is 2. The molecule has 7 heteroatoms. The summed E-state index contributed by atoms with van der Waals surface area (Å²) in [4.78, 5) is 27.3. The van der Waals surface area contributed by atoms with Gasteiger partial charge in [0.2, 0.25) is 0 Å². The number of nitriles is 1. The highest BCUT2D eigenvalue weighted by Gasteiger charge is 2.35. The fraction of sp³-hybridized carbons (Fsp3) is 0.550. The molecule has 0 heterocycles. The number of hydrogen-bond acceptors (Lipinski definition) is 4. The van der Waals surface area contributed by atoms with Crippen molar-refractivity contribution in [1.82, 2.24) is 15.1 Å². The van der Waals surface area contributed by atoms with Gasteiger partial charge in [0.15, 0.2) is 0 Å². The van der Waals surface area contributed by atoms with Crippen molar-refractivity contribution in [2.75, 3.05) is 19.6 Å². The van der Waals surface area contributed by atoms with Crippen molar-refractivity contribution in [3.63, 3.8) is 0 Å². The van der Waals surface area contributed by atoms with Crippen LogP contribution in [0.25, 0.3) is 0 Å². The average molecular weight is 372 g/mol. The third-order valence-electron chi connectivity index (χ3n) is 4.94. The Hall–Kier alpha value is -2.59. The molecule has 0 atom stereocenters. The van der Waals surface area contributed by atoms with Crippen molar-refractivity contribution in [3.8, 4) is 6.07 Å². The van der Waals surface area contributed by atoms with E-state index in [9.17, 15) is 9.59 Å². The lowest BCUT2D eigenvalue weighted by atomic mass is 9.85. The lowest BCUT2D eigenvalue weighted by Crippen LogP contribution is -2.56. The molecule has 0 aromatic heterocycles. The number of carboxylic acids is 1. The Kier molecular flexibility index (Phi) is 7.62. The summed E-state index contributed by atoms with van der Waals surface area (Å²) in [6.07, 6.45) is 2.42. The first-order chi connectivity index (χ1) is 13.0. The second kappa shape index (κ2) is 9.93. The minimum atomic E-state index is -0.819. The molecule has 2 N–H and O–H groups in total. The molecule has 2 amide bonds. The Labute approximate surface area is 160 Å². The topological polar surface area (TPSA) is 96.7 Å².